The van der Waals surface area contributed by atoms with Gasteiger partial charge in [-0.15, -0.1) is 0 Å². The summed E-state index contributed by atoms with van der Waals surface area (Å²) >= 11 is 0. The number of nitrogens with zero attached hydrogens (tertiary/aromatic N) is 2. The molecular formula is C22H24F2N2O2. The standard InChI is InChI=1S/C22H24F2N2O2/c1-13-15(10-14-6-7-17(23)18(24)11-14)12-16-19(25-13)8-9-26(22(16)28)20-4-2-3-5-21(20)27/h6-7,11-12,20-21,27H,2-5,8-10H2,1H3/t20-,21-/m0/s1. The van der Waals surface area contributed by atoms with Crippen molar-refractivity contribution in [2.45, 2.75) is 57.6 Å². The first-order valence-electron chi connectivity index (χ1n) is 9.86. The number of carbonyl (C=O) groups is 1. The Morgan fingerprint density at radius 3 is 2.71 bits per heavy atom. The van der Waals surface area contributed by atoms with Crippen LogP contribution in [0.4, 0.5) is 8.78 Å². The van der Waals surface area contributed by atoms with E-state index in [4.69, 9.17) is 0 Å². The second-order valence-corrected chi connectivity index (χ2v) is 7.82. The topological polar surface area (TPSA) is 53.4 Å². The number of hydrogen-bond acceptors (Lipinski definition) is 3. The highest BCUT2D eigenvalue weighted by atomic mass is 19.2. The van der Waals surface area contributed by atoms with Gasteiger partial charge in [0, 0.05) is 18.7 Å². The molecule has 2 atom stereocenters. The van der Waals surface area contributed by atoms with Crippen LogP contribution < -0.4 is 0 Å². The number of aromatic nitrogens is 1. The SMILES string of the molecule is Cc1nc2c(cc1Cc1ccc(F)c(F)c1)C(=O)N([C@H]1CCCC[C@@H]1O)CC2. The fourth-order valence-corrected chi connectivity index (χ4v) is 4.37. The number of halogens is 2. The summed E-state index contributed by atoms with van der Waals surface area (Å²) in [6, 6.07) is 5.54. The van der Waals surface area contributed by atoms with E-state index < -0.39 is 17.7 Å². The second-order valence-electron chi connectivity index (χ2n) is 7.82. The number of aliphatic hydroxyl groups excluding tert-OH is 1. The van der Waals surface area contributed by atoms with Gasteiger partial charge < -0.3 is 10.0 Å². The predicted octanol–water partition coefficient (Wildman–Crippen LogP) is 3.56. The summed E-state index contributed by atoms with van der Waals surface area (Å²) in [6.07, 6.45) is 4.14. The number of aryl methyl sites for hydroxylation is 1. The minimum absolute atomic E-state index is 0.0914. The van der Waals surface area contributed by atoms with Gasteiger partial charge in [-0.25, -0.2) is 8.78 Å². The summed E-state index contributed by atoms with van der Waals surface area (Å²) in [4.78, 5) is 19.6. The molecule has 2 heterocycles. The zero-order chi connectivity index (χ0) is 19.8. The van der Waals surface area contributed by atoms with Crippen LogP contribution in [0.1, 0.15) is 58.6 Å². The van der Waals surface area contributed by atoms with Crippen molar-refractivity contribution in [3.8, 4) is 0 Å². The lowest BCUT2D eigenvalue weighted by Crippen LogP contribution is -2.51. The molecule has 0 bridgehead atoms. The van der Waals surface area contributed by atoms with Crippen LogP contribution in [-0.4, -0.2) is 39.6 Å². The largest absolute Gasteiger partial charge is 0.391 e. The van der Waals surface area contributed by atoms with Crippen LogP contribution in [0.3, 0.4) is 0 Å². The van der Waals surface area contributed by atoms with E-state index >= 15 is 0 Å². The fourth-order valence-electron chi connectivity index (χ4n) is 4.37. The van der Waals surface area contributed by atoms with Crippen LogP contribution >= 0.6 is 0 Å². The van der Waals surface area contributed by atoms with Crippen LogP contribution in [0.5, 0.6) is 0 Å². The van der Waals surface area contributed by atoms with Gasteiger partial charge in [0.2, 0.25) is 0 Å². The molecule has 6 heteroatoms. The first-order chi connectivity index (χ1) is 13.4. The minimum Gasteiger partial charge on any atom is -0.391 e. The lowest BCUT2D eigenvalue weighted by Gasteiger charge is -2.40. The molecular weight excluding hydrogens is 362 g/mol. The molecule has 0 spiro atoms. The quantitative estimate of drug-likeness (QED) is 0.878. The maximum atomic E-state index is 13.5. The first-order valence-corrected chi connectivity index (χ1v) is 9.86. The van der Waals surface area contributed by atoms with Crippen molar-refractivity contribution in [1.82, 2.24) is 9.88 Å². The van der Waals surface area contributed by atoms with Gasteiger partial charge in [-0.1, -0.05) is 18.9 Å². The van der Waals surface area contributed by atoms with E-state index in [9.17, 15) is 18.7 Å². The number of amides is 1. The number of pyridine rings is 1. The van der Waals surface area contributed by atoms with Gasteiger partial charge in [0.1, 0.15) is 0 Å². The van der Waals surface area contributed by atoms with Gasteiger partial charge in [0.25, 0.3) is 5.91 Å². The van der Waals surface area contributed by atoms with Crippen molar-refractivity contribution in [3.63, 3.8) is 0 Å². The van der Waals surface area contributed by atoms with Crippen molar-refractivity contribution >= 4 is 5.91 Å². The maximum Gasteiger partial charge on any atom is 0.256 e. The molecule has 1 aliphatic carbocycles. The van der Waals surface area contributed by atoms with Gasteiger partial charge in [0.05, 0.1) is 23.4 Å². The molecule has 2 aliphatic rings. The normalized spacial score (nSPS) is 22.3. The summed E-state index contributed by atoms with van der Waals surface area (Å²) in [5.41, 5.74) is 3.59. The van der Waals surface area contributed by atoms with Gasteiger partial charge in [-0.05, 0) is 55.5 Å². The third kappa shape index (κ3) is 3.53. The number of rotatable bonds is 3. The van der Waals surface area contributed by atoms with Gasteiger partial charge >= 0.3 is 0 Å². The first kappa shape index (κ1) is 19.0. The Morgan fingerprint density at radius 2 is 1.96 bits per heavy atom. The van der Waals surface area contributed by atoms with E-state index in [0.717, 1.165) is 48.7 Å². The summed E-state index contributed by atoms with van der Waals surface area (Å²) in [5.74, 6) is -1.85. The molecule has 0 unspecified atom stereocenters. The minimum atomic E-state index is -0.880. The van der Waals surface area contributed by atoms with Gasteiger partial charge in [-0.2, -0.15) is 0 Å². The molecule has 0 radical (unpaired) electrons. The molecule has 1 aliphatic heterocycles. The maximum absolute atomic E-state index is 13.5. The number of aliphatic hydroxyl groups is 1. The second kappa shape index (κ2) is 7.59. The van der Waals surface area contributed by atoms with E-state index in [-0.39, 0.29) is 11.9 Å². The molecule has 4 rings (SSSR count). The fraction of sp³-hybridized carbons (Fsp3) is 0.455. The Balaban J connectivity index is 1.62. The third-order valence-electron chi connectivity index (χ3n) is 5.95. The van der Waals surface area contributed by atoms with Crippen molar-refractivity contribution in [3.05, 3.63) is 64.0 Å². The predicted molar refractivity (Wildman–Crippen MR) is 101 cm³/mol. The van der Waals surface area contributed by atoms with Crippen molar-refractivity contribution in [1.29, 1.82) is 0 Å². The highest BCUT2D eigenvalue weighted by Crippen LogP contribution is 2.29. The molecule has 28 heavy (non-hydrogen) atoms. The number of hydrogen-bond donors (Lipinski definition) is 1. The lowest BCUT2D eigenvalue weighted by molar-refractivity contribution is 0.0160. The number of carbonyl (C=O) groups excluding carboxylic acids is 1. The molecule has 0 saturated heterocycles. The Labute approximate surface area is 163 Å². The highest BCUT2D eigenvalue weighted by molar-refractivity contribution is 5.96. The zero-order valence-electron chi connectivity index (χ0n) is 15.9. The average molecular weight is 386 g/mol. The Bertz CT molecular complexity index is 916. The van der Waals surface area contributed by atoms with E-state index in [1.54, 1.807) is 11.0 Å². The van der Waals surface area contributed by atoms with Crippen LogP contribution in [0.15, 0.2) is 24.3 Å². The zero-order valence-corrected chi connectivity index (χ0v) is 15.9. The Hall–Kier alpha value is -2.34. The summed E-state index contributed by atoms with van der Waals surface area (Å²) in [5, 5.41) is 10.4. The number of fused-ring (bicyclic) bond motifs is 1. The molecule has 148 valence electrons. The Kier molecular flexibility index (Phi) is 5.15. The molecule has 4 nitrogen and oxygen atoms in total. The molecule has 1 saturated carbocycles. The van der Waals surface area contributed by atoms with Gasteiger partial charge in [-0.3, -0.25) is 9.78 Å². The molecule has 1 aromatic carbocycles. The number of benzene rings is 1. The molecule has 1 fully saturated rings. The molecule has 2 aromatic rings. The third-order valence-corrected chi connectivity index (χ3v) is 5.95. The van der Waals surface area contributed by atoms with Crippen LogP contribution in [-0.2, 0) is 12.8 Å². The van der Waals surface area contributed by atoms with E-state index in [0.29, 0.717) is 30.5 Å². The van der Waals surface area contributed by atoms with Gasteiger partial charge in [0.15, 0.2) is 11.6 Å². The smallest absolute Gasteiger partial charge is 0.256 e. The van der Waals surface area contributed by atoms with E-state index in [2.05, 4.69) is 4.98 Å². The summed E-state index contributed by atoms with van der Waals surface area (Å²) in [7, 11) is 0. The summed E-state index contributed by atoms with van der Waals surface area (Å²) < 4.78 is 26.7. The molecule has 1 amide bonds. The van der Waals surface area contributed by atoms with Crippen molar-refractivity contribution < 1.29 is 18.7 Å². The lowest BCUT2D eigenvalue weighted by atomic mass is 9.89. The van der Waals surface area contributed by atoms with E-state index in [1.165, 1.54) is 6.07 Å². The van der Waals surface area contributed by atoms with Crippen molar-refractivity contribution in [2.75, 3.05) is 6.54 Å². The van der Waals surface area contributed by atoms with Crippen molar-refractivity contribution in [2.24, 2.45) is 0 Å². The van der Waals surface area contributed by atoms with Crippen LogP contribution in [0, 0.1) is 18.6 Å². The van der Waals surface area contributed by atoms with Crippen LogP contribution in [0.2, 0.25) is 0 Å². The summed E-state index contributed by atoms with van der Waals surface area (Å²) in [6.45, 7) is 2.44. The van der Waals surface area contributed by atoms with E-state index in [1.807, 2.05) is 13.0 Å². The monoisotopic (exact) mass is 386 g/mol. The average Bonchev–Trinajstić information content (AvgIpc) is 2.67. The molecule has 1 aromatic heterocycles. The molecule has 1 N–H and O–H groups in total. The van der Waals surface area contributed by atoms with Crippen LogP contribution in [0.25, 0.3) is 0 Å². The highest BCUT2D eigenvalue weighted by Gasteiger charge is 2.36. The Morgan fingerprint density at radius 1 is 1.18 bits per heavy atom.